The third kappa shape index (κ3) is 2.08. The second kappa shape index (κ2) is 4.29. The maximum atomic E-state index is 9.10. The van der Waals surface area contributed by atoms with Gasteiger partial charge in [-0.2, -0.15) is 5.26 Å². The zero-order valence-electron chi connectivity index (χ0n) is 8.01. The van der Waals surface area contributed by atoms with E-state index in [2.05, 4.69) is 27.0 Å². The third-order valence-electron chi connectivity index (χ3n) is 2.29. The number of nitrogens with zero attached hydrogens (tertiary/aromatic N) is 2. The van der Waals surface area contributed by atoms with Crippen LogP contribution in [0.3, 0.4) is 0 Å². The molecule has 0 saturated carbocycles. The first kappa shape index (κ1) is 11.5. The highest BCUT2D eigenvalue weighted by atomic mass is 79.9. The van der Waals surface area contributed by atoms with E-state index in [1.807, 2.05) is 19.9 Å². The molecule has 0 aromatic carbocycles. The first-order valence-electron chi connectivity index (χ1n) is 4.27. The molecule has 0 bridgehead atoms. The largest absolute Gasteiger partial charge is 0.238 e. The van der Waals surface area contributed by atoms with Crippen molar-refractivity contribution in [1.82, 2.24) is 4.98 Å². The molecule has 0 spiro atoms. The van der Waals surface area contributed by atoms with Gasteiger partial charge in [0.1, 0.15) is 5.15 Å². The Morgan fingerprint density at radius 3 is 2.79 bits per heavy atom. The zero-order valence-corrected chi connectivity index (χ0v) is 10.4. The van der Waals surface area contributed by atoms with Crippen LogP contribution in [0.5, 0.6) is 0 Å². The molecule has 0 radical (unpaired) electrons. The van der Waals surface area contributed by atoms with Crippen LogP contribution in [-0.2, 0) is 5.41 Å². The lowest BCUT2D eigenvalue weighted by molar-refractivity contribution is 0.565. The minimum atomic E-state index is -0.580. The molecule has 14 heavy (non-hydrogen) atoms. The van der Waals surface area contributed by atoms with Crippen LogP contribution in [0.15, 0.2) is 16.6 Å². The summed E-state index contributed by atoms with van der Waals surface area (Å²) in [4.78, 5) is 4.18. The summed E-state index contributed by atoms with van der Waals surface area (Å²) in [6.07, 6.45) is 0.704. The van der Waals surface area contributed by atoms with Crippen LogP contribution in [0, 0.1) is 11.3 Å². The Morgan fingerprint density at radius 2 is 2.29 bits per heavy atom. The summed E-state index contributed by atoms with van der Waals surface area (Å²) in [6.45, 7) is 3.81. The lowest BCUT2D eigenvalue weighted by Gasteiger charge is -2.20. The Hall–Kier alpha value is -0.590. The Bertz CT molecular complexity index is 386. The lowest BCUT2D eigenvalue weighted by atomic mass is 9.85. The lowest BCUT2D eigenvalue weighted by Crippen LogP contribution is -2.20. The third-order valence-corrected chi connectivity index (χ3v) is 3.14. The highest BCUT2D eigenvalue weighted by Crippen LogP contribution is 2.31. The normalized spacial score (nSPS) is 14.5. The van der Waals surface area contributed by atoms with Gasteiger partial charge in [0.25, 0.3) is 0 Å². The van der Waals surface area contributed by atoms with Gasteiger partial charge in [-0.3, -0.25) is 0 Å². The molecule has 1 heterocycles. The topological polar surface area (TPSA) is 36.7 Å². The summed E-state index contributed by atoms with van der Waals surface area (Å²) in [7, 11) is 0. The average molecular weight is 274 g/mol. The highest BCUT2D eigenvalue weighted by Gasteiger charge is 2.28. The quantitative estimate of drug-likeness (QED) is 0.771. The monoisotopic (exact) mass is 272 g/mol. The van der Waals surface area contributed by atoms with Crippen molar-refractivity contribution in [2.45, 2.75) is 25.7 Å². The Balaban J connectivity index is 3.31. The summed E-state index contributed by atoms with van der Waals surface area (Å²) in [5, 5.41) is 9.52. The van der Waals surface area contributed by atoms with Crippen LogP contribution >= 0.6 is 27.5 Å². The van der Waals surface area contributed by atoms with Crippen LogP contribution in [-0.4, -0.2) is 4.98 Å². The second-order valence-electron chi connectivity index (χ2n) is 3.26. The van der Waals surface area contributed by atoms with Gasteiger partial charge in [-0.15, -0.1) is 0 Å². The van der Waals surface area contributed by atoms with Crippen LogP contribution in [0.4, 0.5) is 0 Å². The van der Waals surface area contributed by atoms with Crippen molar-refractivity contribution in [1.29, 1.82) is 5.26 Å². The van der Waals surface area contributed by atoms with Gasteiger partial charge in [-0.25, -0.2) is 4.98 Å². The first-order chi connectivity index (χ1) is 6.53. The zero-order chi connectivity index (χ0) is 10.8. The van der Waals surface area contributed by atoms with Crippen LogP contribution in [0.1, 0.15) is 26.0 Å². The van der Waals surface area contributed by atoms with E-state index in [9.17, 15) is 0 Å². The van der Waals surface area contributed by atoms with Gasteiger partial charge in [0.05, 0.1) is 17.2 Å². The van der Waals surface area contributed by atoms with E-state index in [-0.39, 0.29) is 0 Å². The Morgan fingerprint density at radius 1 is 1.64 bits per heavy atom. The predicted octanol–water partition coefficient (Wildman–Crippen LogP) is 3.69. The van der Waals surface area contributed by atoms with Crippen molar-refractivity contribution in [2.24, 2.45) is 0 Å². The molecule has 2 nitrogen and oxygen atoms in total. The SMILES string of the molecule is CCC(C)(C#N)c1nc(Cl)ccc1Br. The fraction of sp³-hybridized carbons (Fsp3) is 0.400. The molecule has 1 atom stereocenters. The van der Waals surface area contributed by atoms with Crippen molar-refractivity contribution in [3.05, 3.63) is 27.5 Å². The van der Waals surface area contributed by atoms with Crippen LogP contribution < -0.4 is 0 Å². The number of rotatable bonds is 2. The van der Waals surface area contributed by atoms with Gasteiger partial charge in [0.15, 0.2) is 0 Å². The van der Waals surface area contributed by atoms with Crippen molar-refractivity contribution in [3.8, 4) is 6.07 Å². The minimum Gasteiger partial charge on any atom is -0.238 e. The van der Waals surface area contributed by atoms with E-state index >= 15 is 0 Å². The number of halogens is 2. The fourth-order valence-corrected chi connectivity index (χ4v) is 1.91. The van der Waals surface area contributed by atoms with E-state index in [0.29, 0.717) is 17.3 Å². The number of hydrogen-bond donors (Lipinski definition) is 0. The number of aromatic nitrogens is 1. The molecule has 0 N–H and O–H groups in total. The minimum absolute atomic E-state index is 0.415. The Kier molecular flexibility index (Phi) is 3.52. The van der Waals surface area contributed by atoms with E-state index in [1.54, 1.807) is 6.07 Å². The van der Waals surface area contributed by atoms with Crippen molar-refractivity contribution in [2.75, 3.05) is 0 Å². The smallest absolute Gasteiger partial charge is 0.129 e. The van der Waals surface area contributed by atoms with Crippen molar-refractivity contribution < 1.29 is 0 Å². The molecule has 1 unspecified atom stereocenters. The van der Waals surface area contributed by atoms with Crippen molar-refractivity contribution in [3.63, 3.8) is 0 Å². The maximum absolute atomic E-state index is 9.10. The molecular formula is C10H10BrClN2. The Labute approximate surface area is 97.0 Å². The first-order valence-corrected chi connectivity index (χ1v) is 5.44. The van der Waals surface area contributed by atoms with E-state index in [1.165, 1.54) is 0 Å². The molecule has 0 saturated heterocycles. The summed E-state index contributed by atoms with van der Waals surface area (Å²) >= 11 is 9.17. The number of nitriles is 1. The van der Waals surface area contributed by atoms with Gasteiger partial charge in [-0.1, -0.05) is 18.5 Å². The highest BCUT2D eigenvalue weighted by molar-refractivity contribution is 9.10. The molecule has 0 fully saturated rings. The summed E-state index contributed by atoms with van der Waals surface area (Å²) in [5.41, 5.74) is 0.124. The van der Waals surface area contributed by atoms with Gasteiger partial charge in [-0.05, 0) is 41.4 Å². The molecule has 0 aliphatic carbocycles. The molecule has 1 aromatic rings. The number of hydrogen-bond acceptors (Lipinski definition) is 2. The van der Waals surface area contributed by atoms with Crippen LogP contribution in [0.2, 0.25) is 5.15 Å². The predicted molar refractivity (Wildman–Crippen MR) is 60.2 cm³/mol. The van der Waals surface area contributed by atoms with Crippen LogP contribution in [0.25, 0.3) is 0 Å². The molecule has 74 valence electrons. The fourth-order valence-electron chi connectivity index (χ4n) is 1.10. The number of pyridine rings is 1. The molecule has 0 amide bonds. The van der Waals surface area contributed by atoms with Gasteiger partial charge in [0.2, 0.25) is 0 Å². The molecule has 1 rings (SSSR count). The molecule has 0 aliphatic rings. The summed E-state index contributed by atoms with van der Waals surface area (Å²) in [6, 6.07) is 5.77. The molecule has 1 aromatic heterocycles. The van der Waals surface area contributed by atoms with E-state index < -0.39 is 5.41 Å². The van der Waals surface area contributed by atoms with Crippen molar-refractivity contribution >= 4 is 27.5 Å². The second-order valence-corrected chi connectivity index (χ2v) is 4.50. The van der Waals surface area contributed by atoms with Gasteiger partial charge >= 0.3 is 0 Å². The summed E-state index contributed by atoms with van der Waals surface area (Å²) in [5.74, 6) is 0. The molecule has 0 aliphatic heterocycles. The molecule has 4 heteroatoms. The van der Waals surface area contributed by atoms with Gasteiger partial charge in [0, 0.05) is 4.47 Å². The van der Waals surface area contributed by atoms with E-state index in [0.717, 1.165) is 4.47 Å². The average Bonchev–Trinajstić information content (AvgIpc) is 2.20. The summed E-state index contributed by atoms with van der Waals surface area (Å²) < 4.78 is 0.827. The maximum Gasteiger partial charge on any atom is 0.129 e. The van der Waals surface area contributed by atoms with Gasteiger partial charge < -0.3 is 0 Å². The molecular weight excluding hydrogens is 263 g/mol. The van der Waals surface area contributed by atoms with E-state index in [4.69, 9.17) is 16.9 Å². The standard InChI is InChI=1S/C10H10BrClN2/c1-3-10(2,6-13)9-7(11)4-5-8(12)14-9/h4-5H,3H2,1-2H3.